The lowest BCUT2D eigenvalue weighted by molar-refractivity contribution is 0.0939. The zero-order chi connectivity index (χ0) is 17.3. The van der Waals surface area contributed by atoms with Crippen molar-refractivity contribution in [1.82, 2.24) is 10.3 Å². The number of benzene rings is 1. The quantitative estimate of drug-likeness (QED) is 0.891. The Morgan fingerprint density at radius 3 is 2.50 bits per heavy atom. The molecule has 1 aliphatic rings. The van der Waals surface area contributed by atoms with Crippen LogP contribution >= 0.6 is 0 Å². The van der Waals surface area contributed by atoms with Crippen molar-refractivity contribution in [1.29, 1.82) is 0 Å². The highest BCUT2D eigenvalue weighted by molar-refractivity contribution is 7.93. The fraction of sp³-hybridized carbons (Fsp3) is 0.353. The number of nitrogens with one attached hydrogen (secondary N) is 2. The molecule has 0 radical (unpaired) electrons. The van der Waals surface area contributed by atoms with Crippen LogP contribution in [0.5, 0.6) is 0 Å². The van der Waals surface area contributed by atoms with E-state index in [1.165, 1.54) is 4.31 Å². The standard InChI is InChI=1S/C17H21N3O3S/c1-12(19-17(21)16-8-9-18-13(16)2)14-4-6-15(7-5-14)20-10-3-11-24(20,22)23/h4-9,12,18H,3,10-11H2,1-2H3,(H,19,21)/t12-/m0/s1. The molecule has 2 heterocycles. The third-order valence-corrected chi connectivity index (χ3v) is 6.20. The molecule has 7 heteroatoms. The molecule has 0 spiro atoms. The summed E-state index contributed by atoms with van der Waals surface area (Å²) >= 11 is 0. The summed E-state index contributed by atoms with van der Waals surface area (Å²) in [6.45, 7) is 4.28. The molecule has 24 heavy (non-hydrogen) atoms. The van der Waals surface area contributed by atoms with Gasteiger partial charge in [-0.25, -0.2) is 8.42 Å². The van der Waals surface area contributed by atoms with Crippen molar-refractivity contribution in [2.45, 2.75) is 26.3 Å². The predicted octanol–water partition coefficient (Wildman–Crippen LogP) is 2.35. The number of rotatable bonds is 4. The SMILES string of the molecule is Cc1[nH]ccc1C(=O)N[C@@H](C)c1ccc(N2CCCS2(=O)=O)cc1. The van der Waals surface area contributed by atoms with Crippen molar-refractivity contribution >= 4 is 21.6 Å². The fourth-order valence-corrected chi connectivity index (χ4v) is 4.48. The van der Waals surface area contributed by atoms with Gasteiger partial charge in [-0.1, -0.05) is 12.1 Å². The first-order valence-electron chi connectivity index (χ1n) is 7.94. The minimum atomic E-state index is -3.17. The van der Waals surface area contributed by atoms with Gasteiger partial charge < -0.3 is 10.3 Å². The number of aryl methyl sites for hydroxylation is 1. The number of amides is 1. The maximum absolute atomic E-state index is 12.3. The summed E-state index contributed by atoms with van der Waals surface area (Å²) in [6, 6.07) is 8.88. The highest BCUT2D eigenvalue weighted by Crippen LogP contribution is 2.25. The normalized spacial score (nSPS) is 17.7. The van der Waals surface area contributed by atoms with Crippen LogP contribution in [0.4, 0.5) is 5.69 Å². The van der Waals surface area contributed by atoms with Gasteiger partial charge in [-0.05, 0) is 44.0 Å². The summed E-state index contributed by atoms with van der Waals surface area (Å²) in [6.07, 6.45) is 2.40. The summed E-state index contributed by atoms with van der Waals surface area (Å²) in [4.78, 5) is 15.2. The number of nitrogens with zero attached hydrogens (tertiary/aromatic N) is 1. The Balaban J connectivity index is 1.71. The topological polar surface area (TPSA) is 82.3 Å². The van der Waals surface area contributed by atoms with Crippen LogP contribution in [0.3, 0.4) is 0 Å². The van der Waals surface area contributed by atoms with Gasteiger partial charge in [0.15, 0.2) is 0 Å². The zero-order valence-corrected chi connectivity index (χ0v) is 14.6. The van der Waals surface area contributed by atoms with Crippen molar-refractivity contribution in [3.05, 3.63) is 53.3 Å². The average molecular weight is 347 g/mol. The lowest BCUT2D eigenvalue weighted by Crippen LogP contribution is -2.27. The van der Waals surface area contributed by atoms with E-state index in [1.54, 1.807) is 24.4 Å². The van der Waals surface area contributed by atoms with Gasteiger partial charge in [0.05, 0.1) is 23.0 Å². The molecule has 1 aromatic heterocycles. The van der Waals surface area contributed by atoms with E-state index < -0.39 is 10.0 Å². The lowest BCUT2D eigenvalue weighted by Gasteiger charge is -2.19. The second-order valence-corrected chi connectivity index (χ2v) is 8.06. The summed E-state index contributed by atoms with van der Waals surface area (Å²) in [7, 11) is -3.17. The fourth-order valence-electron chi connectivity index (χ4n) is 2.92. The molecule has 1 aliphatic heterocycles. The van der Waals surface area contributed by atoms with Gasteiger partial charge in [0, 0.05) is 18.4 Å². The van der Waals surface area contributed by atoms with Gasteiger partial charge in [-0.2, -0.15) is 0 Å². The lowest BCUT2D eigenvalue weighted by atomic mass is 10.1. The average Bonchev–Trinajstić information content (AvgIpc) is 3.12. The maximum Gasteiger partial charge on any atom is 0.253 e. The first-order valence-corrected chi connectivity index (χ1v) is 9.54. The number of sulfonamides is 1. The number of hydrogen-bond donors (Lipinski definition) is 2. The molecule has 1 fully saturated rings. The van der Waals surface area contributed by atoms with Crippen LogP contribution in [-0.2, 0) is 10.0 Å². The molecule has 1 amide bonds. The van der Waals surface area contributed by atoms with E-state index in [0.29, 0.717) is 24.2 Å². The molecule has 3 rings (SSSR count). The van der Waals surface area contributed by atoms with Gasteiger partial charge in [0.25, 0.3) is 5.91 Å². The molecule has 1 atom stereocenters. The number of carbonyl (C=O) groups excluding carboxylic acids is 1. The number of carbonyl (C=O) groups is 1. The molecule has 128 valence electrons. The summed E-state index contributed by atoms with van der Waals surface area (Å²) in [5.74, 6) is 0.0736. The molecular formula is C17H21N3O3S. The Labute approximate surface area is 141 Å². The van der Waals surface area contributed by atoms with Crippen molar-refractivity contribution < 1.29 is 13.2 Å². The smallest absolute Gasteiger partial charge is 0.253 e. The highest BCUT2D eigenvalue weighted by atomic mass is 32.2. The van der Waals surface area contributed by atoms with E-state index in [-0.39, 0.29) is 17.7 Å². The van der Waals surface area contributed by atoms with E-state index in [9.17, 15) is 13.2 Å². The number of aromatic nitrogens is 1. The molecule has 0 saturated carbocycles. The minimum Gasteiger partial charge on any atom is -0.365 e. The summed E-state index contributed by atoms with van der Waals surface area (Å²) in [5, 5.41) is 2.95. The van der Waals surface area contributed by atoms with Gasteiger partial charge in [0.2, 0.25) is 10.0 Å². The van der Waals surface area contributed by atoms with E-state index in [2.05, 4.69) is 10.3 Å². The number of hydrogen-bond acceptors (Lipinski definition) is 3. The van der Waals surface area contributed by atoms with Crippen LogP contribution < -0.4 is 9.62 Å². The van der Waals surface area contributed by atoms with Gasteiger partial charge >= 0.3 is 0 Å². The van der Waals surface area contributed by atoms with Crippen molar-refractivity contribution in [2.75, 3.05) is 16.6 Å². The van der Waals surface area contributed by atoms with Gasteiger partial charge in [-0.3, -0.25) is 9.10 Å². The van der Waals surface area contributed by atoms with Crippen molar-refractivity contribution in [2.24, 2.45) is 0 Å². The maximum atomic E-state index is 12.3. The van der Waals surface area contributed by atoms with Crippen molar-refractivity contribution in [3.8, 4) is 0 Å². The summed E-state index contributed by atoms with van der Waals surface area (Å²) in [5.41, 5.74) is 3.06. The Kier molecular flexibility index (Phi) is 4.36. The highest BCUT2D eigenvalue weighted by Gasteiger charge is 2.28. The number of anilines is 1. The molecule has 6 nitrogen and oxygen atoms in total. The van der Waals surface area contributed by atoms with E-state index >= 15 is 0 Å². The van der Waals surface area contributed by atoms with Crippen molar-refractivity contribution in [3.63, 3.8) is 0 Å². The van der Waals surface area contributed by atoms with E-state index in [4.69, 9.17) is 0 Å². The van der Waals surface area contributed by atoms with Crippen LogP contribution in [-0.4, -0.2) is 31.6 Å². The molecular weight excluding hydrogens is 326 g/mol. The molecule has 0 unspecified atom stereocenters. The van der Waals surface area contributed by atoms with Gasteiger partial charge in [-0.15, -0.1) is 0 Å². The third kappa shape index (κ3) is 3.17. The Bertz CT molecular complexity index is 840. The Hall–Kier alpha value is -2.28. The van der Waals surface area contributed by atoms with Gasteiger partial charge in [0.1, 0.15) is 0 Å². The minimum absolute atomic E-state index is 0.132. The third-order valence-electron chi connectivity index (χ3n) is 4.33. The first-order chi connectivity index (χ1) is 11.4. The molecule has 2 N–H and O–H groups in total. The van der Waals surface area contributed by atoms with Crippen LogP contribution in [0.25, 0.3) is 0 Å². The molecule has 0 bridgehead atoms. The van der Waals surface area contributed by atoms with Crippen LogP contribution in [0.2, 0.25) is 0 Å². The molecule has 1 aromatic carbocycles. The monoisotopic (exact) mass is 347 g/mol. The Morgan fingerprint density at radius 2 is 1.96 bits per heavy atom. The van der Waals surface area contributed by atoms with Crippen LogP contribution in [0.1, 0.15) is 41.0 Å². The summed E-state index contributed by atoms with van der Waals surface area (Å²) < 4.78 is 25.4. The molecule has 2 aromatic rings. The second-order valence-electron chi connectivity index (χ2n) is 6.04. The van der Waals surface area contributed by atoms with Crippen LogP contribution in [0, 0.1) is 6.92 Å². The second kappa shape index (κ2) is 6.32. The largest absolute Gasteiger partial charge is 0.365 e. The van der Waals surface area contributed by atoms with Crippen LogP contribution in [0.15, 0.2) is 36.5 Å². The molecule has 0 aliphatic carbocycles. The number of H-pyrrole nitrogens is 1. The molecule has 1 saturated heterocycles. The Morgan fingerprint density at radius 1 is 1.25 bits per heavy atom. The number of aromatic amines is 1. The zero-order valence-electron chi connectivity index (χ0n) is 13.7. The van der Waals surface area contributed by atoms with E-state index in [0.717, 1.165) is 11.3 Å². The van der Waals surface area contributed by atoms with E-state index in [1.807, 2.05) is 26.0 Å². The predicted molar refractivity (Wildman–Crippen MR) is 93.6 cm³/mol. The first kappa shape index (κ1) is 16.6.